The second kappa shape index (κ2) is 5.40. The van der Waals surface area contributed by atoms with Crippen LogP contribution in [0.1, 0.15) is 16.9 Å². The number of benzene rings is 1. The van der Waals surface area contributed by atoms with Crippen molar-refractivity contribution in [2.45, 2.75) is 6.42 Å². The minimum atomic E-state index is -0.847. The summed E-state index contributed by atoms with van der Waals surface area (Å²) in [7, 11) is 0. The number of carboxylic acids is 1. The topological polar surface area (TPSA) is 86.3 Å². The van der Waals surface area contributed by atoms with Crippen LogP contribution >= 0.6 is 0 Å². The Bertz CT molecular complexity index is 666. The number of nitrogens with one attached hydrogen (secondary N) is 1. The van der Waals surface area contributed by atoms with E-state index in [0.717, 1.165) is 5.56 Å². The van der Waals surface area contributed by atoms with Crippen molar-refractivity contribution >= 4 is 11.9 Å². The Balaban J connectivity index is 1.75. The molecule has 0 saturated carbocycles. The van der Waals surface area contributed by atoms with E-state index in [2.05, 4.69) is 10.2 Å². The number of hydrogen-bond donors (Lipinski definition) is 2. The van der Waals surface area contributed by atoms with Crippen LogP contribution in [0, 0.1) is 5.92 Å². The summed E-state index contributed by atoms with van der Waals surface area (Å²) in [5.41, 5.74) is 2.02. The quantitative estimate of drug-likeness (QED) is 0.897. The van der Waals surface area contributed by atoms with Gasteiger partial charge in [0, 0.05) is 18.7 Å². The highest BCUT2D eigenvalue weighted by molar-refractivity contribution is 5.94. The molecule has 0 spiro atoms. The van der Waals surface area contributed by atoms with Crippen molar-refractivity contribution in [1.29, 1.82) is 0 Å². The van der Waals surface area contributed by atoms with E-state index in [4.69, 9.17) is 5.11 Å². The average molecular weight is 285 g/mol. The molecular formula is C15H15N3O3. The zero-order chi connectivity index (χ0) is 14.8. The van der Waals surface area contributed by atoms with Gasteiger partial charge in [0.25, 0.3) is 5.91 Å². The van der Waals surface area contributed by atoms with Crippen molar-refractivity contribution < 1.29 is 14.7 Å². The maximum atomic E-state index is 12.3. The Labute approximate surface area is 121 Å². The highest BCUT2D eigenvalue weighted by Crippen LogP contribution is 2.21. The minimum Gasteiger partial charge on any atom is -0.481 e. The summed E-state index contributed by atoms with van der Waals surface area (Å²) < 4.78 is 0. The number of aliphatic carboxylic acids is 1. The molecule has 2 aromatic rings. The summed E-state index contributed by atoms with van der Waals surface area (Å²) in [6.07, 6.45) is 0.501. The number of rotatable bonds is 3. The van der Waals surface area contributed by atoms with Gasteiger partial charge in [-0.3, -0.25) is 14.7 Å². The van der Waals surface area contributed by atoms with Crippen LogP contribution < -0.4 is 0 Å². The number of carbonyl (C=O) groups excluding carboxylic acids is 1. The third-order valence-corrected chi connectivity index (χ3v) is 3.70. The second-order valence-electron chi connectivity index (χ2n) is 5.11. The van der Waals surface area contributed by atoms with Gasteiger partial charge >= 0.3 is 5.97 Å². The van der Waals surface area contributed by atoms with Crippen molar-refractivity contribution in [3.05, 3.63) is 42.1 Å². The Morgan fingerprint density at radius 3 is 2.71 bits per heavy atom. The Morgan fingerprint density at radius 1 is 1.29 bits per heavy atom. The first-order chi connectivity index (χ1) is 10.1. The number of H-pyrrole nitrogens is 1. The molecule has 6 heteroatoms. The number of carbonyl (C=O) groups is 2. The fourth-order valence-electron chi connectivity index (χ4n) is 2.50. The molecule has 1 saturated heterocycles. The summed E-state index contributed by atoms with van der Waals surface area (Å²) in [6.45, 7) is 0.726. The van der Waals surface area contributed by atoms with Gasteiger partial charge in [-0.25, -0.2) is 0 Å². The molecule has 1 aromatic heterocycles. The SMILES string of the molecule is O=C(O)[C@H]1CCN(C(=O)c2cc(-c3ccccc3)n[nH]2)C1. The number of aromatic amines is 1. The van der Waals surface area contributed by atoms with E-state index in [9.17, 15) is 9.59 Å². The fraction of sp³-hybridized carbons (Fsp3) is 0.267. The van der Waals surface area contributed by atoms with Crippen molar-refractivity contribution in [2.24, 2.45) is 5.92 Å². The van der Waals surface area contributed by atoms with Crippen molar-refractivity contribution in [3.63, 3.8) is 0 Å². The van der Waals surface area contributed by atoms with Gasteiger partial charge in [0.15, 0.2) is 0 Å². The first kappa shape index (κ1) is 13.4. The van der Waals surface area contributed by atoms with Gasteiger partial charge in [-0.2, -0.15) is 5.10 Å². The van der Waals surface area contributed by atoms with Gasteiger partial charge < -0.3 is 10.0 Å². The Morgan fingerprint density at radius 2 is 2.05 bits per heavy atom. The molecule has 1 aliphatic rings. The van der Waals surface area contributed by atoms with E-state index in [1.54, 1.807) is 11.0 Å². The van der Waals surface area contributed by atoms with Crippen molar-refractivity contribution in [1.82, 2.24) is 15.1 Å². The molecule has 1 aromatic carbocycles. The van der Waals surface area contributed by atoms with Crippen LogP contribution in [-0.2, 0) is 4.79 Å². The second-order valence-corrected chi connectivity index (χ2v) is 5.11. The van der Waals surface area contributed by atoms with Crippen LogP contribution in [0.3, 0.4) is 0 Å². The number of likely N-dealkylation sites (tertiary alicyclic amines) is 1. The zero-order valence-electron chi connectivity index (χ0n) is 11.3. The molecule has 0 unspecified atom stereocenters. The molecule has 1 atom stereocenters. The molecule has 1 amide bonds. The maximum absolute atomic E-state index is 12.3. The lowest BCUT2D eigenvalue weighted by molar-refractivity contribution is -0.141. The fourth-order valence-corrected chi connectivity index (χ4v) is 2.50. The monoisotopic (exact) mass is 285 g/mol. The highest BCUT2D eigenvalue weighted by Gasteiger charge is 2.31. The van der Waals surface area contributed by atoms with Crippen LogP contribution in [-0.4, -0.2) is 45.2 Å². The third-order valence-electron chi connectivity index (χ3n) is 3.70. The van der Waals surface area contributed by atoms with E-state index in [1.807, 2.05) is 30.3 Å². The van der Waals surface area contributed by atoms with Gasteiger partial charge in [-0.15, -0.1) is 0 Å². The van der Waals surface area contributed by atoms with Crippen LogP contribution in [0.15, 0.2) is 36.4 Å². The van der Waals surface area contributed by atoms with Crippen molar-refractivity contribution in [3.8, 4) is 11.3 Å². The van der Waals surface area contributed by atoms with Crippen LogP contribution in [0.2, 0.25) is 0 Å². The highest BCUT2D eigenvalue weighted by atomic mass is 16.4. The molecule has 0 aliphatic carbocycles. The number of carboxylic acid groups (broad SMARTS) is 1. The van der Waals surface area contributed by atoms with Gasteiger partial charge in [0.2, 0.25) is 0 Å². The normalized spacial score (nSPS) is 17.9. The van der Waals surface area contributed by atoms with Gasteiger partial charge in [-0.1, -0.05) is 30.3 Å². The predicted molar refractivity (Wildman–Crippen MR) is 75.7 cm³/mol. The summed E-state index contributed by atoms with van der Waals surface area (Å²) in [5.74, 6) is -1.52. The molecule has 0 bridgehead atoms. The van der Waals surface area contributed by atoms with Crippen LogP contribution in [0.5, 0.6) is 0 Å². The third kappa shape index (κ3) is 2.65. The lowest BCUT2D eigenvalue weighted by atomic mass is 10.1. The number of amides is 1. The summed E-state index contributed by atoms with van der Waals surface area (Å²) in [4.78, 5) is 24.8. The first-order valence-corrected chi connectivity index (χ1v) is 6.78. The Kier molecular flexibility index (Phi) is 3.43. The first-order valence-electron chi connectivity index (χ1n) is 6.78. The Hall–Kier alpha value is -2.63. The molecule has 2 N–H and O–H groups in total. The summed E-state index contributed by atoms with van der Waals surface area (Å²) in [6, 6.07) is 11.3. The van der Waals surface area contributed by atoms with Gasteiger partial charge in [-0.05, 0) is 12.5 Å². The molecule has 0 radical (unpaired) electrons. The van der Waals surface area contributed by atoms with Crippen LogP contribution in [0.25, 0.3) is 11.3 Å². The summed E-state index contributed by atoms with van der Waals surface area (Å²) >= 11 is 0. The molecule has 108 valence electrons. The molecule has 2 heterocycles. The molecule has 6 nitrogen and oxygen atoms in total. The molecule has 1 fully saturated rings. The standard InChI is InChI=1S/C15H15N3O3/c19-14(18-7-6-11(9-18)15(20)21)13-8-12(16-17-13)10-4-2-1-3-5-10/h1-5,8,11H,6-7,9H2,(H,16,17)(H,20,21)/t11-/m0/s1. The number of nitrogens with zero attached hydrogens (tertiary/aromatic N) is 2. The number of aromatic nitrogens is 2. The lowest BCUT2D eigenvalue weighted by Crippen LogP contribution is -2.30. The molecule has 3 rings (SSSR count). The van der Waals surface area contributed by atoms with E-state index >= 15 is 0 Å². The molecule has 1 aliphatic heterocycles. The number of hydrogen-bond acceptors (Lipinski definition) is 3. The summed E-state index contributed by atoms with van der Waals surface area (Å²) in [5, 5.41) is 15.9. The predicted octanol–water partition coefficient (Wildman–Crippen LogP) is 1.62. The van der Waals surface area contributed by atoms with Gasteiger partial charge in [0.1, 0.15) is 5.69 Å². The van der Waals surface area contributed by atoms with E-state index in [1.165, 1.54) is 0 Å². The zero-order valence-corrected chi connectivity index (χ0v) is 11.3. The van der Waals surface area contributed by atoms with E-state index < -0.39 is 11.9 Å². The molecule has 21 heavy (non-hydrogen) atoms. The van der Waals surface area contributed by atoms with Crippen molar-refractivity contribution in [2.75, 3.05) is 13.1 Å². The largest absolute Gasteiger partial charge is 0.481 e. The van der Waals surface area contributed by atoms with E-state index in [0.29, 0.717) is 24.4 Å². The maximum Gasteiger partial charge on any atom is 0.308 e. The smallest absolute Gasteiger partial charge is 0.308 e. The molecular weight excluding hydrogens is 270 g/mol. The average Bonchev–Trinajstić information content (AvgIpc) is 3.17. The van der Waals surface area contributed by atoms with E-state index in [-0.39, 0.29) is 12.5 Å². The van der Waals surface area contributed by atoms with Gasteiger partial charge in [0.05, 0.1) is 11.6 Å². The lowest BCUT2D eigenvalue weighted by Gasteiger charge is -2.13. The minimum absolute atomic E-state index is 0.201. The van der Waals surface area contributed by atoms with Crippen LogP contribution in [0.4, 0.5) is 0 Å².